The Hall–Kier alpha value is -6.71. The molecule has 0 fully saturated rings. The minimum atomic E-state index is -4.71. The Morgan fingerprint density at radius 1 is 0.655 bits per heavy atom. The van der Waals surface area contributed by atoms with Gasteiger partial charge in [-0.1, -0.05) is 72.8 Å². The van der Waals surface area contributed by atoms with Crippen molar-refractivity contribution in [1.29, 1.82) is 0 Å². The third kappa shape index (κ3) is 8.21. The van der Waals surface area contributed by atoms with Gasteiger partial charge in [0.15, 0.2) is 5.78 Å². The molecule has 2 amide bonds. The first kappa shape index (κ1) is 39.5. The number of rotatable bonds is 17. The molecule has 0 saturated carbocycles. The first-order chi connectivity index (χ1) is 28.0. The summed E-state index contributed by atoms with van der Waals surface area (Å²) in [5.41, 5.74) is -0.686. The monoisotopic (exact) mass is 791 g/mol. The lowest BCUT2D eigenvalue weighted by molar-refractivity contribution is -0.166. The SMILES string of the molecule is COc1cc(C2(C(F)(F)F)N=N2)ccc1C(=O)NCCOCCOCCNC(=O)c1cc(C(=O)c2ccc3ccccc3c2)n2ccc(C(=O)c3ccccc3)cc12. The number of ketones is 2. The first-order valence-electron chi connectivity index (χ1n) is 18.2. The number of methoxy groups -OCH3 is 1. The number of benzene rings is 4. The molecule has 0 saturated heterocycles. The van der Waals surface area contributed by atoms with Crippen LogP contribution in [0.1, 0.15) is 58.3 Å². The highest BCUT2D eigenvalue weighted by atomic mass is 19.4. The Balaban J connectivity index is 0.913. The molecule has 1 aliphatic rings. The zero-order valence-electron chi connectivity index (χ0n) is 31.0. The largest absolute Gasteiger partial charge is 0.496 e. The molecule has 1 aliphatic heterocycles. The van der Waals surface area contributed by atoms with Gasteiger partial charge >= 0.3 is 11.8 Å². The molecule has 15 heteroatoms. The lowest BCUT2D eigenvalue weighted by Gasteiger charge is -2.17. The molecule has 0 unspecified atom stereocenters. The molecule has 0 radical (unpaired) electrons. The number of nitrogens with one attached hydrogen (secondary N) is 2. The minimum Gasteiger partial charge on any atom is -0.496 e. The molecule has 0 bridgehead atoms. The molecule has 7 rings (SSSR count). The maximum absolute atomic E-state index is 13.9. The van der Waals surface area contributed by atoms with Crippen LogP contribution in [0.4, 0.5) is 13.2 Å². The summed E-state index contributed by atoms with van der Waals surface area (Å²) in [4.78, 5) is 53.5. The highest BCUT2D eigenvalue weighted by Crippen LogP contribution is 2.53. The fourth-order valence-electron chi connectivity index (χ4n) is 6.45. The Labute approximate surface area is 329 Å². The van der Waals surface area contributed by atoms with Gasteiger partial charge in [0.05, 0.1) is 55.9 Å². The maximum atomic E-state index is 13.9. The number of ether oxygens (including phenoxy) is 3. The summed E-state index contributed by atoms with van der Waals surface area (Å²) in [6, 6.07) is 30.1. The van der Waals surface area contributed by atoms with Crippen LogP contribution in [0.3, 0.4) is 0 Å². The number of carbonyl (C=O) groups excluding carboxylic acids is 4. The van der Waals surface area contributed by atoms with Gasteiger partial charge in [-0.3, -0.25) is 19.2 Å². The molecule has 0 aliphatic carbocycles. The molecule has 3 heterocycles. The normalized spacial score (nSPS) is 13.0. The number of nitrogens with zero attached hydrogens (tertiary/aromatic N) is 3. The summed E-state index contributed by atoms with van der Waals surface area (Å²) in [6.07, 6.45) is -3.09. The maximum Gasteiger partial charge on any atom is 0.442 e. The van der Waals surface area contributed by atoms with Crippen LogP contribution in [0.2, 0.25) is 0 Å². The minimum absolute atomic E-state index is 0.0387. The number of hydrogen-bond acceptors (Lipinski definition) is 9. The van der Waals surface area contributed by atoms with Crippen LogP contribution in [-0.4, -0.2) is 80.6 Å². The van der Waals surface area contributed by atoms with Gasteiger partial charge in [0, 0.05) is 41.5 Å². The van der Waals surface area contributed by atoms with Crippen molar-refractivity contribution < 1.29 is 46.6 Å². The van der Waals surface area contributed by atoms with E-state index in [4.69, 9.17) is 14.2 Å². The molecular weight excluding hydrogens is 755 g/mol. The highest BCUT2D eigenvalue weighted by molar-refractivity contribution is 6.14. The number of aromatic nitrogens is 1. The van der Waals surface area contributed by atoms with Crippen molar-refractivity contribution in [2.75, 3.05) is 46.6 Å². The summed E-state index contributed by atoms with van der Waals surface area (Å²) >= 11 is 0. The van der Waals surface area contributed by atoms with Crippen molar-refractivity contribution in [3.63, 3.8) is 0 Å². The molecule has 2 N–H and O–H groups in total. The van der Waals surface area contributed by atoms with E-state index in [1.807, 2.05) is 42.5 Å². The van der Waals surface area contributed by atoms with E-state index in [-0.39, 0.29) is 79.2 Å². The second kappa shape index (κ2) is 16.8. The lowest BCUT2D eigenvalue weighted by Crippen LogP contribution is -2.31. The molecular formula is C43H36F3N5O7. The highest BCUT2D eigenvalue weighted by Gasteiger charge is 2.65. The summed E-state index contributed by atoms with van der Waals surface area (Å²) in [7, 11) is 1.24. The predicted octanol–water partition coefficient (Wildman–Crippen LogP) is 6.94. The third-order valence-electron chi connectivity index (χ3n) is 9.54. The van der Waals surface area contributed by atoms with Crippen molar-refractivity contribution in [3.05, 3.63) is 154 Å². The molecule has 296 valence electrons. The second-order valence-electron chi connectivity index (χ2n) is 13.2. The van der Waals surface area contributed by atoms with Gasteiger partial charge in [-0.05, 0) is 47.2 Å². The van der Waals surface area contributed by atoms with Crippen molar-refractivity contribution >= 4 is 39.7 Å². The standard InChI is InChI=1S/C43H36F3N5O7/c1-56-37-25-32(42(49-50-42)43(44,45)46)13-14-33(37)40(54)47-16-19-57-21-22-58-20-17-48-41(55)34-26-36(39(53)30-12-11-27-7-5-6-10-29(27)23-30)51-18-15-31(24-35(34)51)38(52)28-8-3-2-4-9-28/h2-15,18,23-26H,16-17,19-22H2,1H3,(H,47,54)(H,48,55). The fraction of sp³-hybridized carbons (Fsp3) is 0.209. The van der Waals surface area contributed by atoms with Crippen LogP contribution in [-0.2, 0) is 15.1 Å². The van der Waals surface area contributed by atoms with Crippen molar-refractivity contribution in [1.82, 2.24) is 15.0 Å². The zero-order chi connectivity index (χ0) is 40.9. The average Bonchev–Trinajstić information content (AvgIpc) is 3.99. The molecule has 0 atom stereocenters. The Morgan fingerprint density at radius 3 is 1.95 bits per heavy atom. The smallest absolute Gasteiger partial charge is 0.442 e. The van der Waals surface area contributed by atoms with Crippen LogP contribution in [0.15, 0.2) is 126 Å². The van der Waals surface area contributed by atoms with Crippen molar-refractivity contribution in [2.24, 2.45) is 10.2 Å². The Kier molecular flexibility index (Phi) is 11.4. The van der Waals surface area contributed by atoms with E-state index in [0.29, 0.717) is 22.2 Å². The predicted molar refractivity (Wildman–Crippen MR) is 207 cm³/mol. The van der Waals surface area contributed by atoms with Crippen LogP contribution in [0, 0.1) is 0 Å². The number of pyridine rings is 1. The van der Waals surface area contributed by atoms with Crippen molar-refractivity contribution in [3.8, 4) is 5.75 Å². The third-order valence-corrected chi connectivity index (χ3v) is 9.54. The van der Waals surface area contributed by atoms with Crippen LogP contribution in [0.5, 0.6) is 5.75 Å². The van der Waals surface area contributed by atoms with Crippen molar-refractivity contribution in [2.45, 2.75) is 11.8 Å². The summed E-state index contributed by atoms with van der Waals surface area (Å²) in [6.45, 7) is 0.863. The van der Waals surface area contributed by atoms with E-state index in [9.17, 15) is 32.3 Å². The number of halogens is 3. The van der Waals surface area contributed by atoms with E-state index in [2.05, 4.69) is 20.9 Å². The number of fused-ring (bicyclic) bond motifs is 2. The molecule has 4 aromatic carbocycles. The van der Waals surface area contributed by atoms with Crippen LogP contribution < -0.4 is 15.4 Å². The summed E-state index contributed by atoms with van der Waals surface area (Å²) in [5, 5.41) is 13.7. The first-order valence-corrected chi connectivity index (χ1v) is 18.2. The van der Waals surface area contributed by atoms with Gasteiger partial charge in [0.2, 0.25) is 5.78 Å². The zero-order valence-corrected chi connectivity index (χ0v) is 31.0. The van der Waals surface area contributed by atoms with Gasteiger partial charge in [0.1, 0.15) is 5.75 Å². The number of hydrogen-bond donors (Lipinski definition) is 2. The van der Waals surface area contributed by atoms with Crippen LogP contribution >= 0.6 is 0 Å². The van der Waals surface area contributed by atoms with Gasteiger partial charge < -0.3 is 29.2 Å². The Bertz CT molecular complexity index is 2550. The number of carbonyl (C=O) groups is 4. The molecule has 58 heavy (non-hydrogen) atoms. The van der Waals surface area contributed by atoms with E-state index < -0.39 is 23.7 Å². The molecule has 6 aromatic rings. The number of amides is 2. The average molecular weight is 792 g/mol. The van der Waals surface area contributed by atoms with Crippen LogP contribution in [0.25, 0.3) is 16.3 Å². The van der Waals surface area contributed by atoms with Gasteiger partial charge in [-0.2, -0.15) is 13.2 Å². The quantitative estimate of drug-likeness (QED) is 0.0752. The van der Waals surface area contributed by atoms with E-state index in [1.54, 1.807) is 53.1 Å². The van der Waals surface area contributed by atoms with E-state index in [0.717, 1.165) is 22.9 Å². The summed E-state index contributed by atoms with van der Waals surface area (Å²) < 4.78 is 58.0. The van der Waals surface area contributed by atoms with E-state index >= 15 is 0 Å². The molecule has 12 nitrogen and oxygen atoms in total. The molecule has 0 spiro atoms. The number of alkyl halides is 3. The summed E-state index contributed by atoms with van der Waals surface area (Å²) in [5.74, 6) is -1.60. The Morgan fingerprint density at radius 2 is 1.29 bits per heavy atom. The fourth-order valence-corrected chi connectivity index (χ4v) is 6.45. The van der Waals surface area contributed by atoms with E-state index in [1.165, 1.54) is 19.2 Å². The van der Waals surface area contributed by atoms with Gasteiger partial charge in [0.25, 0.3) is 11.8 Å². The van der Waals surface area contributed by atoms with Gasteiger partial charge in [-0.15, -0.1) is 10.2 Å². The second-order valence-corrected chi connectivity index (χ2v) is 13.2. The lowest BCUT2D eigenvalue weighted by atomic mass is 10.00. The van der Waals surface area contributed by atoms with Gasteiger partial charge in [-0.25, -0.2) is 0 Å². The molecule has 2 aromatic heterocycles. The topological polar surface area (TPSA) is 149 Å².